The summed E-state index contributed by atoms with van der Waals surface area (Å²) < 4.78 is 39.2. The van der Waals surface area contributed by atoms with E-state index in [0.29, 0.717) is 25.1 Å². The molecule has 1 aromatic rings. The first-order valence-corrected chi connectivity index (χ1v) is 13.0. The molecule has 2 heterocycles. The second-order valence-corrected chi connectivity index (χ2v) is 10.5. The van der Waals surface area contributed by atoms with Crippen LogP contribution in [-0.2, 0) is 24.3 Å². The second kappa shape index (κ2) is 12.1. The van der Waals surface area contributed by atoms with Gasteiger partial charge in [0, 0.05) is 39.1 Å². The van der Waals surface area contributed by atoms with Crippen molar-refractivity contribution in [3.05, 3.63) is 28.8 Å². The monoisotopic (exact) mass is 498 g/mol. The summed E-state index contributed by atoms with van der Waals surface area (Å²) in [7, 11) is -3.84. The van der Waals surface area contributed by atoms with Crippen LogP contribution in [0.25, 0.3) is 0 Å². The highest BCUT2D eigenvalue weighted by Gasteiger charge is 2.36. The van der Waals surface area contributed by atoms with Crippen LogP contribution in [0.2, 0.25) is 5.02 Å². The molecule has 0 spiro atoms. The number of piperazine rings is 1. The van der Waals surface area contributed by atoms with Crippen molar-refractivity contribution in [3.63, 3.8) is 0 Å². The van der Waals surface area contributed by atoms with Crippen LogP contribution in [0.4, 0.5) is 0 Å². The summed E-state index contributed by atoms with van der Waals surface area (Å²) in [6.07, 6.45) is 1.38. The minimum absolute atomic E-state index is 0.0581. The lowest BCUT2D eigenvalue weighted by molar-refractivity contribution is -0.138. The molecule has 0 unspecified atom stereocenters. The lowest BCUT2D eigenvalue weighted by atomic mass is 10.2. The number of nitriles is 1. The molecule has 182 valence electrons. The number of rotatable bonds is 9. The van der Waals surface area contributed by atoms with E-state index in [0.717, 1.165) is 26.1 Å². The molecular formula is C22H31ClN4O5S. The Labute approximate surface area is 200 Å². The lowest BCUT2D eigenvalue weighted by Crippen LogP contribution is -2.52. The van der Waals surface area contributed by atoms with E-state index in [1.807, 2.05) is 0 Å². The maximum Gasteiger partial charge on any atom is 0.248 e. The molecule has 0 aromatic heterocycles. The van der Waals surface area contributed by atoms with Gasteiger partial charge >= 0.3 is 0 Å². The van der Waals surface area contributed by atoms with Crippen LogP contribution < -0.4 is 0 Å². The number of halogens is 1. The molecule has 0 saturated carbocycles. The van der Waals surface area contributed by atoms with Gasteiger partial charge in [-0.1, -0.05) is 23.7 Å². The van der Waals surface area contributed by atoms with Crippen LogP contribution in [0, 0.1) is 18.3 Å². The summed E-state index contributed by atoms with van der Waals surface area (Å²) in [5, 5.41) is 8.83. The summed E-state index contributed by atoms with van der Waals surface area (Å²) in [6.45, 7) is 5.99. The SMILES string of the molecule is Cc1cccc(Cl)c1S(=O)(=O)N1CCOC[C@H]1COCC(=O)N1CCN(CCCC#N)CC1. The summed E-state index contributed by atoms with van der Waals surface area (Å²) in [5.74, 6) is -0.111. The zero-order valence-corrected chi connectivity index (χ0v) is 20.5. The van der Waals surface area contributed by atoms with E-state index in [4.69, 9.17) is 26.3 Å². The van der Waals surface area contributed by atoms with Crippen LogP contribution in [0.15, 0.2) is 23.1 Å². The van der Waals surface area contributed by atoms with Crippen LogP contribution in [-0.4, -0.2) is 100 Å². The highest BCUT2D eigenvalue weighted by molar-refractivity contribution is 7.89. The van der Waals surface area contributed by atoms with Crippen LogP contribution >= 0.6 is 11.6 Å². The van der Waals surface area contributed by atoms with E-state index in [2.05, 4.69) is 11.0 Å². The third kappa shape index (κ3) is 6.66. The Morgan fingerprint density at radius 3 is 2.73 bits per heavy atom. The van der Waals surface area contributed by atoms with E-state index >= 15 is 0 Å². The van der Waals surface area contributed by atoms with Crippen molar-refractivity contribution in [1.29, 1.82) is 5.26 Å². The van der Waals surface area contributed by atoms with Gasteiger partial charge < -0.3 is 14.4 Å². The van der Waals surface area contributed by atoms with E-state index in [1.54, 1.807) is 30.0 Å². The number of ether oxygens (including phenoxy) is 2. The standard InChI is InChI=1S/C22H31ClN4O5S/c1-18-5-4-6-20(23)22(18)33(29,30)27-13-14-31-15-19(27)16-32-17-21(28)26-11-9-25(10-12-26)8-3-2-7-24/h4-6,19H,2-3,8-17H2,1H3/t19-/m0/s1. The number of carbonyl (C=O) groups is 1. The molecule has 1 atom stereocenters. The molecule has 0 N–H and O–H groups in total. The van der Waals surface area contributed by atoms with Gasteiger partial charge in [-0.2, -0.15) is 9.57 Å². The largest absolute Gasteiger partial charge is 0.378 e. The molecule has 9 nitrogen and oxygen atoms in total. The highest BCUT2D eigenvalue weighted by atomic mass is 35.5. The predicted octanol–water partition coefficient (Wildman–Crippen LogP) is 1.50. The molecule has 1 aromatic carbocycles. The predicted molar refractivity (Wildman–Crippen MR) is 123 cm³/mol. The molecule has 11 heteroatoms. The summed E-state index contributed by atoms with van der Waals surface area (Å²) in [5.41, 5.74) is 0.579. The fraction of sp³-hybridized carbons (Fsp3) is 0.636. The molecule has 0 radical (unpaired) electrons. The Balaban J connectivity index is 1.52. The number of hydrogen-bond donors (Lipinski definition) is 0. The van der Waals surface area contributed by atoms with Gasteiger partial charge in [0.2, 0.25) is 15.9 Å². The third-order valence-corrected chi connectivity index (χ3v) is 8.51. The number of morpholine rings is 1. The average Bonchev–Trinajstić information content (AvgIpc) is 2.79. The number of benzene rings is 1. The lowest BCUT2D eigenvalue weighted by Gasteiger charge is -2.36. The van der Waals surface area contributed by atoms with Gasteiger partial charge in [-0.05, 0) is 31.5 Å². The maximum absolute atomic E-state index is 13.3. The minimum atomic E-state index is -3.84. The van der Waals surface area contributed by atoms with E-state index < -0.39 is 16.1 Å². The topological polar surface area (TPSA) is 103 Å². The second-order valence-electron chi connectivity index (χ2n) is 8.23. The Bertz CT molecular complexity index is 940. The van der Waals surface area contributed by atoms with Crippen molar-refractivity contribution >= 4 is 27.5 Å². The number of carbonyl (C=O) groups excluding carboxylic acids is 1. The average molecular weight is 499 g/mol. The zero-order valence-electron chi connectivity index (χ0n) is 18.9. The third-order valence-electron chi connectivity index (χ3n) is 5.93. The Morgan fingerprint density at radius 2 is 2.03 bits per heavy atom. The van der Waals surface area contributed by atoms with Crippen molar-refractivity contribution < 1.29 is 22.7 Å². The van der Waals surface area contributed by atoms with Gasteiger partial charge in [-0.3, -0.25) is 9.69 Å². The Hall–Kier alpha value is -1.74. The number of hydrogen-bond acceptors (Lipinski definition) is 7. The first kappa shape index (κ1) is 25.9. The molecular weight excluding hydrogens is 468 g/mol. The molecule has 0 aliphatic carbocycles. The van der Waals surface area contributed by atoms with Gasteiger partial charge in [0.05, 0.1) is 37.0 Å². The van der Waals surface area contributed by atoms with Crippen LogP contribution in [0.5, 0.6) is 0 Å². The van der Waals surface area contributed by atoms with Gasteiger partial charge in [-0.15, -0.1) is 0 Å². The van der Waals surface area contributed by atoms with Crippen molar-refractivity contribution in [3.8, 4) is 6.07 Å². The van der Waals surface area contributed by atoms with Gasteiger partial charge in [0.15, 0.2) is 0 Å². The van der Waals surface area contributed by atoms with Crippen molar-refractivity contribution in [2.24, 2.45) is 0 Å². The fourth-order valence-corrected chi connectivity index (χ4v) is 6.49. The number of sulfonamides is 1. The Morgan fingerprint density at radius 1 is 1.27 bits per heavy atom. The Kier molecular flexibility index (Phi) is 9.49. The summed E-state index contributed by atoms with van der Waals surface area (Å²) >= 11 is 6.22. The summed E-state index contributed by atoms with van der Waals surface area (Å²) in [6, 6.07) is 6.61. The number of aryl methyl sites for hydroxylation is 1. The fourth-order valence-electron chi connectivity index (χ4n) is 4.12. The van der Waals surface area contributed by atoms with Crippen LogP contribution in [0.3, 0.4) is 0 Å². The number of nitrogens with zero attached hydrogens (tertiary/aromatic N) is 4. The first-order chi connectivity index (χ1) is 15.8. The minimum Gasteiger partial charge on any atom is -0.378 e. The van der Waals surface area contributed by atoms with Crippen molar-refractivity contribution in [2.75, 3.05) is 65.7 Å². The summed E-state index contributed by atoms with van der Waals surface area (Å²) in [4.78, 5) is 16.7. The molecule has 1 amide bonds. The normalized spacial score (nSPS) is 20.5. The molecule has 2 fully saturated rings. The van der Waals surface area contributed by atoms with Gasteiger partial charge in [-0.25, -0.2) is 8.42 Å². The van der Waals surface area contributed by atoms with E-state index in [-0.39, 0.29) is 48.8 Å². The van der Waals surface area contributed by atoms with E-state index in [1.165, 1.54) is 4.31 Å². The molecule has 2 aliphatic heterocycles. The number of amides is 1. The van der Waals surface area contributed by atoms with Gasteiger partial charge in [0.25, 0.3) is 0 Å². The number of unbranched alkanes of at least 4 members (excludes halogenated alkanes) is 1. The van der Waals surface area contributed by atoms with Gasteiger partial charge in [0.1, 0.15) is 11.5 Å². The molecule has 33 heavy (non-hydrogen) atoms. The van der Waals surface area contributed by atoms with Crippen molar-refractivity contribution in [1.82, 2.24) is 14.1 Å². The quantitative estimate of drug-likeness (QED) is 0.475. The van der Waals surface area contributed by atoms with E-state index in [9.17, 15) is 13.2 Å². The van der Waals surface area contributed by atoms with Crippen LogP contribution in [0.1, 0.15) is 18.4 Å². The molecule has 2 saturated heterocycles. The first-order valence-electron chi connectivity index (χ1n) is 11.1. The smallest absolute Gasteiger partial charge is 0.248 e. The maximum atomic E-state index is 13.3. The zero-order chi connectivity index (χ0) is 23.8. The van der Waals surface area contributed by atoms with Crippen molar-refractivity contribution in [2.45, 2.75) is 30.7 Å². The highest BCUT2D eigenvalue weighted by Crippen LogP contribution is 2.29. The molecule has 2 aliphatic rings. The molecule has 0 bridgehead atoms. The molecule has 3 rings (SSSR count).